The van der Waals surface area contributed by atoms with Gasteiger partial charge in [-0.3, -0.25) is 4.57 Å². The van der Waals surface area contributed by atoms with E-state index in [4.69, 9.17) is 28.2 Å². The third kappa shape index (κ3) is 4.67. The van der Waals surface area contributed by atoms with E-state index in [0.29, 0.717) is 39.8 Å². The van der Waals surface area contributed by atoms with Crippen molar-refractivity contribution in [2.45, 2.75) is 0 Å². The molecule has 13 heteroatoms. The van der Waals surface area contributed by atoms with Gasteiger partial charge in [0.2, 0.25) is 18.3 Å². The third-order valence-electron chi connectivity index (χ3n) is 4.46. The Bertz CT molecular complexity index is 1180. The quantitative estimate of drug-likeness (QED) is 0.353. The minimum absolute atomic E-state index is 0. The maximum atomic E-state index is 11.8. The Kier molecular flexibility index (Phi) is 7.26. The number of H-pyrrole nitrogens is 1. The van der Waals surface area contributed by atoms with Crippen LogP contribution < -0.4 is 62.7 Å². The normalized spacial score (nSPS) is 13.7. The fraction of sp³-hybridized carbons (Fsp3) is 0.263. The molecule has 4 rings (SSSR count). The summed E-state index contributed by atoms with van der Waals surface area (Å²) in [5, 5.41) is 11.1. The maximum absolute atomic E-state index is 11.8. The van der Waals surface area contributed by atoms with E-state index >= 15 is 0 Å². The first-order valence-electron chi connectivity index (χ1n) is 8.98. The molecular weight excluding hydrogens is 452 g/mol. The van der Waals surface area contributed by atoms with Crippen molar-refractivity contribution in [1.82, 2.24) is 15.4 Å². The van der Waals surface area contributed by atoms with Crippen molar-refractivity contribution >= 4 is 7.60 Å². The molecule has 1 atom stereocenters. The van der Waals surface area contributed by atoms with E-state index in [1.165, 1.54) is 27.4 Å². The summed E-state index contributed by atoms with van der Waals surface area (Å²) in [4.78, 5) is 11.8. The monoisotopic (exact) mass is 471 g/mol. The molecule has 32 heavy (non-hydrogen) atoms. The van der Waals surface area contributed by atoms with Crippen molar-refractivity contribution in [1.29, 1.82) is 0 Å². The van der Waals surface area contributed by atoms with Gasteiger partial charge in [-0.2, -0.15) is 15.4 Å². The van der Waals surface area contributed by atoms with Gasteiger partial charge >= 0.3 is 29.6 Å². The van der Waals surface area contributed by atoms with E-state index in [9.17, 15) is 9.46 Å². The predicted molar refractivity (Wildman–Crippen MR) is 107 cm³/mol. The number of benzene rings is 2. The number of rotatable bonds is 7. The van der Waals surface area contributed by atoms with Crippen LogP contribution in [0.5, 0.6) is 34.5 Å². The van der Waals surface area contributed by atoms with Crippen molar-refractivity contribution in [3.8, 4) is 57.0 Å². The van der Waals surface area contributed by atoms with Gasteiger partial charge in [0.15, 0.2) is 30.6 Å². The minimum atomic E-state index is -4.12. The summed E-state index contributed by atoms with van der Waals surface area (Å²) in [6.45, 7) is 1.05. The first-order valence-corrected chi connectivity index (χ1v) is 11.0. The van der Waals surface area contributed by atoms with Crippen LogP contribution in [0.25, 0.3) is 22.5 Å². The first-order chi connectivity index (χ1) is 14.8. The van der Waals surface area contributed by atoms with Crippen molar-refractivity contribution in [3.05, 3.63) is 24.3 Å². The van der Waals surface area contributed by atoms with Crippen molar-refractivity contribution < 1.29 is 67.2 Å². The fourth-order valence-corrected chi connectivity index (χ4v) is 3.71. The summed E-state index contributed by atoms with van der Waals surface area (Å²) in [6.07, 6.45) is 0. The van der Waals surface area contributed by atoms with E-state index in [1.807, 2.05) is 0 Å². The number of nitrogens with one attached hydrogen (secondary N) is 1. The van der Waals surface area contributed by atoms with Gasteiger partial charge < -0.3 is 33.1 Å². The second-order valence-corrected chi connectivity index (χ2v) is 8.23. The van der Waals surface area contributed by atoms with Crippen molar-refractivity contribution in [2.75, 3.05) is 34.8 Å². The predicted octanol–water partition coefficient (Wildman–Crippen LogP) is -0.541. The number of aromatic amines is 1. The van der Waals surface area contributed by atoms with Crippen LogP contribution in [-0.2, 0) is 4.57 Å². The molecule has 1 aliphatic heterocycles. The summed E-state index contributed by atoms with van der Waals surface area (Å²) in [5.41, 5.74) is 2.02. The second-order valence-electron chi connectivity index (χ2n) is 6.51. The molecule has 1 aromatic heterocycles. The van der Waals surface area contributed by atoms with E-state index in [1.54, 1.807) is 18.2 Å². The zero-order valence-electron chi connectivity index (χ0n) is 18.1. The van der Waals surface area contributed by atoms with Crippen molar-refractivity contribution in [2.24, 2.45) is 0 Å². The average molecular weight is 471 g/mol. The molecule has 3 aromatic rings. The van der Waals surface area contributed by atoms with Gasteiger partial charge in [0.25, 0.3) is 0 Å². The summed E-state index contributed by atoms with van der Waals surface area (Å²) in [5.74, 6) is 1.87. The zero-order valence-corrected chi connectivity index (χ0v) is 21.0. The number of methoxy groups -OCH3 is 3. The Morgan fingerprint density at radius 1 is 0.938 bits per heavy atom. The summed E-state index contributed by atoms with van der Waals surface area (Å²) in [7, 11) is 0.218. The van der Waals surface area contributed by atoms with Crippen molar-refractivity contribution in [3.63, 3.8) is 0 Å². The molecule has 0 bridgehead atoms. The number of ether oxygens (including phenoxy) is 5. The Hall–Kier alpha value is -2.43. The van der Waals surface area contributed by atoms with Gasteiger partial charge in [-0.1, -0.05) is 0 Å². The zero-order chi connectivity index (χ0) is 22.2. The molecular formula is C19H19N3NaO8P. The molecule has 0 aliphatic carbocycles. The van der Waals surface area contributed by atoms with Gasteiger partial charge in [-0.25, -0.2) is 0 Å². The molecule has 1 aliphatic rings. The molecule has 164 valence electrons. The SMILES string of the molecule is COc1cc(-c2n[nH]nc2-c2cc(OC)c3c(c2)OCO3)cc(OP(C)(=O)[O-])c1OC.[Na+]. The number of nitrogens with zero attached hydrogens (tertiary/aromatic N) is 2. The molecule has 0 saturated heterocycles. The van der Waals surface area contributed by atoms with E-state index in [2.05, 4.69) is 15.4 Å². The number of hydrogen-bond acceptors (Lipinski definition) is 10. The minimum Gasteiger partial charge on any atom is -0.769 e. The molecule has 2 heterocycles. The molecule has 0 radical (unpaired) electrons. The van der Waals surface area contributed by atoms with Gasteiger partial charge in [0, 0.05) is 17.8 Å². The van der Waals surface area contributed by atoms with E-state index in [0.717, 1.165) is 6.66 Å². The molecule has 1 N–H and O–H groups in total. The van der Waals surface area contributed by atoms with Gasteiger partial charge in [-0.05, 0) is 24.3 Å². The van der Waals surface area contributed by atoms with Crippen LogP contribution in [0.3, 0.4) is 0 Å². The second kappa shape index (κ2) is 9.60. The largest absolute Gasteiger partial charge is 1.00 e. The standard InChI is InChI=1S/C19H20N3O8P.Na/c1-25-12-5-11(8-15(18(12)27-3)30-31(4,23)24)17-16(20-22-21-17)10-6-13(26-2)19-14(7-10)28-9-29-19;/h5-8H,9H2,1-4H3,(H,23,24)(H,20,21,22);/q;+1/p-1. The van der Waals surface area contributed by atoms with E-state index < -0.39 is 7.60 Å². The van der Waals surface area contributed by atoms with Crippen LogP contribution in [0.4, 0.5) is 0 Å². The Morgan fingerprint density at radius 3 is 2.12 bits per heavy atom. The Morgan fingerprint density at radius 2 is 1.53 bits per heavy atom. The van der Waals surface area contributed by atoms with Gasteiger partial charge in [-0.15, -0.1) is 0 Å². The van der Waals surface area contributed by atoms with E-state index in [-0.39, 0.29) is 53.6 Å². The Balaban J connectivity index is 0.00000289. The van der Waals surface area contributed by atoms with Crippen LogP contribution in [0.2, 0.25) is 0 Å². The van der Waals surface area contributed by atoms with Crippen LogP contribution in [0.15, 0.2) is 24.3 Å². The molecule has 0 amide bonds. The smallest absolute Gasteiger partial charge is 0.769 e. The molecule has 1 unspecified atom stereocenters. The van der Waals surface area contributed by atoms with Gasteiger partial charge in [0.1, 0.15) is 11.4 Å². The summed E-state index contributed by atoms with van der Waals surface area (Å²) < 4.78 is 43.8. The fourth-order valence-electron chi connectivity index (χ4n) is 3.21. The first kappa shape index (κ1) is 24.2. The number of fused-ring (bicyclic) bond motifs is 1. The van der Waals surface area contributed by atoms with Crippen LogP contribution in [-0.4, -0.2) is 50.2 Å². The van der Waals surface area contributed by atoms with Crippen LogP contribution in [0, 0.1) is 0 Å². The summed E-state index contributed by atoms with van der Waals surface area (Å²) >= 11 is 0. The maximum Gasteiger partial charge on any atom is 1.00 e. The average Bonchev–Trinajstić information content (AvgIpc) is 3.40. The van der Waals surface area contributed by atoms with Gasteiger partial charge in [0.05, 0.1) is 21.3 Å². The summed E-state index contributed by atoms with van der Waals surface area (Å²) in [6, 6.07) is 6.62. The number of aromatic nitrogens is 3. The van der Waals surface area contributed by atoms with Crippen LogP contribution >= 0.6 is 7.60 Å². The number of hydrogen-bond donors (Lipinski definition) is 1. The molecule has 0 saturated carbocycles. The molecule has 2 aromatic carbocycles. The molecule has 0 fully saturated rings. The van der Waals surface area contributed by atoms with Crippen LogP contribution in [0.1, 0.15) is 0 Å². The molecule has 0 spiro atoms. The topological polar surface area (TPSA) is 137 Å². The third-order valence-corrected chi connectivity index (χ3v) is 4.99. The Labute approximate surface area is 205 Å². The molecule has 11 nitrogen and oxygen atoms in total.